The van der Waals surface area contributed by atoms with Gasteiger partial charge in [0.25, 0.3) is 0 Å². The highest BCUT2D eigenvalue weighted by atomic mass is 14.4. The van der Waals surface area contributed by atoms with E-state index in [9.17, 15) is 0 Å². The second-order valence-corrected chi connectivity index (χ2v) is 20.7. The molecule has 0 bridgehead atoms. The molecule has 0 heterocycles. The molecule has 70 heavy (non-hydrogen) atoms. The molecule has 330 valence electrons. The second kappa shape index (κ2) is 15.1. The number of rotatable bonds is 5. The molecule has 0 aromatic heterocycles. The summed E-state index contributed by atoms with van der Waals surface area (Å²) >= 11 is 0. The maximum atomic E-state index is 2.52. The van der Waals surface area contributed by atoms with E-state index >= 15 is 0 Å². The lowest BCUT2D eigenvalue weighted by Crippen LogP contribution is -2.15. The summed E-state index contributed by atoms with van der Waals surface area (Å²) in [5, 5.41) is 10.2. The predicted octanol–water partition coefficient (Wildman–Crippen LogP) is 19.2. The molecule has 0 amide bonds. The molecule has 14 rings (SSSR count). The topological polar surface area (TPSA) is 0 Å². The molecular formula is C70H50. The third-order valence-electron chi connectivity index (χ3n) is 16.3. The van der Waals surface area contributed by atoms with Crippen LogP contribution in [-0.4, -0.2) is 0 Å². The van der Waals surface area contributed by atoms with E-state index in [-0.39, 0.29) is 10.8 Å². The van der Waals surface area contributed by atoms with E-state index in [4.69, 9.17) is 0 Å². The Hall–Kier alpha value is -8.32. The fourth-order valence-corrected chi connectivity index (χ4v) is 13.0. The van der Waals surface area contributed by atoms with Crippen molar-refractivity contribution in [2.45, 2.75) is 38.5 Å². The first-order valence-electron chi connectivity index (χ1n) is 24.8. The summed E-state index contributed by atoms with van der Waals surface area (Å²) in [5.41, 5.74) is 23.2. The molecule has 0 saturated carbocycles. The predicted molar refractivity (Wildman–Crippen MR) is 299 cm³/mol. The van der Waals surface area contributed by atoms with Crippen LogP contribution in [0.1, 0.15) is 49.9 Å². The van der Waals surface area contributed by atoms with E-state index in [1.165, 1.54) is 143 Å². The lowest BCUT2D eigenvalue weighted by molar-refractivity contribution is 0.660. The molecule has 0 spiro atoms. The molecule has 2 aliphatic carbocycles. The third-order valence-corrected chi connectivity index (χ3v) is 16.3. The first-order valence-corrected chi connectivity index (χ1v) is 24.8. The highest BCUT2D eigenvalue weighted by Gasteiger charge is 2.38. The number of hydrogen-bond donors (Lipinski definition) is 0. The Bertz CT molecular complexity index is 4090. The van der Waals surface area contributed by atoms with Gasteiger partial charge in [-0.25, -0.2) is 0 Å². The van der Waals surface area contributed by atoms with Crippen LogP contribution in [0, 0.1) is 0 Å². The van der Waals surface area contributed by atoms with Crippen molar-refractivity contribution in [2.24, 2.45) is 0 Å². The summed E-state index contributed by atoms with van der Waals surface area (Å²) < 4.78 is 0. The molecule has 2 aliphatic rings. The molecule has 0 heteroatoms. The largest absolute Gasteiger partial charge is 0.0622 e. The van der Waals surface area contributed by atoms with Crippen LogP contribution >= 0.6 is 0 Å². The number of hydrogen-bond acceptors (Lipinski definition) is 0. The second-order valence-electron chi connectivity index (χ2n) is 20.7. The monoisotopic (exact) mass is 890 g/mol. The van der Waals surface area contributed by atoms with Crippen molar-refractivity contribution in [1.29, 1.82) is 0 Å². The van der Waals surface area contributed by atoms with Gasteiger partial charge in [-0.05, 0) is 161 Å². The van der Waals surface area contributed by atoms with E-state index < -0.39 is 0 Å². The van der Waals surface area contributed by atoms with Crippen molar-refractivity contribution < 1.29 is 0 Å². The summed E-state index contributed by atoms with van der Waals surface area (Å²) in [5.74, 6) is 0. The zero-order chi connectivity index (χ0) is 46.9. The van der Waals surface area contributed by atoms with Crippen molar-refractivity contribution in [3.63, 3.8) is 0 Å². The van der Waals surface area contributed by atoms with Crippen molar-refractivity contribution in [3.8, 4) is 77.9 Å². The molecule has 12 aromatic carbocycles. The lowest BCUT2D eigenvalue weighted by atomic mass is 9.78. The van der Waals surface area contributed by atoms with Crippen LogP contribution in [0.15, 0.2) is 231 Å². The Morgan fingerprint density at radius 3 is 1.01 bits per heavy atom. The molecule has 0 N–H and O–H groups in total. The molecule has 0 unspecified atom stereocenters. The van der Waals surface area contributed by atoms with Gasteiger partial charge in [-0.15, -0.1) is 0 Å². The summed E-state index contributed by atoms with van der Waals surface area (Å²) in [4.78, 5) is 0. The molecule has 0 atom stereocenters. The van der Waals surface area contributed by atoms with Gasteiger partial charge in [-0.3, -0.25) is 0 Å². The van der Waals surface area contributed by atoms with Crippen LogP contribution < -0.4 is 0 Å². The maximum absolute atomic E-state index is 2.52. The molecule has 0 fully saturated rings. The van der Waals surface area contributed by atoms with Gasteiger partial charge in [0, 0.05) is 10.8 Å². The van der Waals surface area contributed by atoms with Gasteiger partial charge in [0.15, 0.2) is 0 Å². The highest BCUT2D eigenvalue weighted by molar-refractivity contribution is 6.25. The van der Waals surface area contributed by atoms with Crippen LogP contribution in [0.3, 0.4) is 0 Å². The van der Waals surface area contributed by atoms with Gasteiger partial charge in [0.05, 0.1) is 0 Å². The van der Waals surface area contributed by atoms with E-state index in [0.29, 0.717) is 0 Å². The van der Waals surface area contributed by atoms with Crippen LogP contribution in [0.5, 0.6) is 0 Å². The minimum absolute atomic E-state index is 0.0798. The van der Waals surface area contributed by atoms with Crippen molar-refractivity contribution in [2.75, 3.05) is 0 Å². The summed E-state index contributed by atoms with van der Waals surface area (Å²) in [7, 11) is 0. The Morgan fingerprint density at radius 2 is 0.543 bits per heavy atom. The first kappa shape index (κ1) is 40.7. The van der Waals surface area contributed by atoms with E-state index in [1.54, 1.807) is 0 Å². The fourth-order valence-electron chi connectivity index (χ4n) is 13.0. The molecule has 12 aromatic rings. The van der Waals surface area contributed by atoms with Crippen molar-refractivity contribution in [3.05, 3.63) is 253 Å². The smallest absolute Gasteiger partial charge is 0.0159 e. The zero-order valence-electron chi connectivity index (χ0n) is 39.9. The van der Waals surface area contributed by atoms with Crippen LogP contribution in [-0.2, 0) is 10.8 Å². The van der Waals surface area contributed by atoms with Crippen LogP contribution in [0.2, 0.25) is 0 Å². The quantitative estimate of drug-likeness (QED) is 0.151. The van der Waals surface area contributed by atoms with Crippen LogP contribution in [0.4, 0.5) is 0 Å². The van der Waals surface area contributed by atoms with E-state index in [0.717, 1.165) is 0 Å². The van der Waals surface area contributed by atoms with Gasteiger partial charge in [0.1, 0.15) is 0 Å². The summed E-state index contributed by atoms with van der Waals surface area (Å²) in [6, 6.07) is 86.8. The average molecular weight is 891 g/mol. The normalized spacial score (nSPS) is 13.9. The zero-order valence-corrected chi connectivity index (χ0v) is 39.9. The highest BCUT2D eigenvalue weighted by Crippen LogP contribution is 2.55. The van der Waals surface area contributed by atoms with Gasteiger partial charge >= 0.3 is 0 Å². The van der Waals surface area contributed by atoms with E-state index in [1.807, 2.05) is 0 Å². The molecular weight excluding hydrogens is 841 g/mol. The fraction of sp³-hybridized carbons (Fsp3) is 0.0857. The molecule has 0 aliphatic heterocycles. The Morgan fingerprint density at radius 1 is 0.214 bits per heavy atom. The number of fused-ring (bicyclic) bond motifs is 10. The first-order chi connectivity index (χ1) is 34.3. The minimum Gasteiger partial charge on any atom is -0.0622 e. The third kappa shape index (κ3) is 5.77. The van der Waals surface area contributed by atoms with Gasteiger partial charge in [-0.1, -0.05) is 240 Å². The maximum Gasteiger partial charge on any atom is 0.0159 e. The summed E-state index contributed by atoms with van der Waals surface area (Å²) in [6.07, 6.45) is 0. The summed E-state index contributed by atoms with van der Waals surface area (Å²) in [6.45, 7) is 9.62. The van der Waals surface area contributed by atoms with Crippen LogP contribution in [0.25, 0.3) is 121 Å². The lowest BCUT2D eigenvalue weighted by Gasteiger charge is -2.24. The Balaban J connectivity index is 0.936. The average Bonchev–Trinajstić information content (AvgIpc) is 3.77. The molecule has 0 radical (unpaired) electrons. The van der Waals surface area contributed by atoms with Crippen molar-refractivity contribution >= 4 is 43.1 Å². The Kier molecular flexibility index (Phi) is 8.78. The molecule has 0 nitrogen and oxygen atoms in total. The van der Waals surface area contributed by atoms with Crippen molar-refractivity contribution in [1.82, 2.24) is 0 Å². The minimum atomic E-state index is -0.248. The van der Waals surface area contributed by atoms with Gasteiger partial charge < -0.3 is 0 Å². The van der Waals surface area contributed by atoms with Gasteiger partial charge in [0.2, 0.25) is 0 Å². The number of benzene rings is 12. The Labute approximate surface area is 410 Å². The standard InChI is InChI=1S/C70H50/c1-69(2)60-33-18-17-24-49(60)50-37-34-45(40-61(50)69)64-53-25-11-13-27-55(53)65(56-28-14-12-26-54(56)64)46-35-38-51-52-39-36-47(42-63(52)70(3,4)62(51)41-46)66-57-29-15-16-30-58(57)67(44-22-9-6-10-23-44)68-48(31-19-32-59(66)68)43-20-7-5-8-21-43/h5-42H,1-4H3. The van der Waals surface area contributed by atoms with Gasteiger partial charge in [-0.2, -0.15) is 0 Å². The SMILES string of the molecule is CC1(C)c2ccccc2-c2ccc(-c3c4ccccc4c(-c4ccc5c(c4)C(C)(C)c4cc(-c6c7ccccc7c(-c7ccccc7)c7c(-c8ccccc8)cccc67)ccc4-5)c4ccccc34)cc21. The molecule has 0 saturated heterocycles. The van der Waals surface area contributed by atoms with E-state index in [2.05, 4.69) is 258 Å².